The Labute approximate surface area is 306 Å². The monoisotopic (exact) mass is 722 g/mol. The summed E-state index contributed by atoms with van der Waals surface area (Å²) in [7, 11) is -1.37. The molecule has 8 nitrogen and oxygen atoms in total. The van der Waals surface area contributed by atoms with Crippen LogP contribution in [0, 0.1) is 23.8 Å². The number of amides is 2. The first-order valence-corrected chi connectivity index (χ1v) is 22.4. The molecule has 0 aliphatic carbocycles. The third-order valence-electron chi connectivity index (χ3n) is 8.50. The van der Waals surface area contributed by atoms with Crippen LogP contribution in [-0.2, 0) is 22.4 Å². The van der Waals surface area contributed by atoms with Crippen molar-refractivity contribution in [2.24, 2.45) is 0 Å². The fraction of sp³-hybridized carbons (Fsp3) is 0.385. The van der Waals surface area contributed by atoms with Crippen LogP contribution in [0.15, 0.2) is 71.7 Å². The second-order valence-corrected chi connectivity index (χ2v) is 19.9. The Kier molecular flexibility index (Phi) is 13.3. The van der Waals surface area contributed by atoms with Gasteiger partial charge in [0, 0.05) is 99.5 Å². The van der Waals surface area contributed by atoms with Crippen molar-refractivity contribution in [2.75, 3.05) is 62.2 Å². The molecule has 2 aliphatic rings. The molecule has 2 aliphatic heterocycles. The van der Waals surface area contributed by atoms with Crippen LogP contribution < -0.4 is 9.80 Å². The van der Waals surface area contributed by atoms with Gasteiger partial charge in [-0.05, 0) is 48.2 Å². The number of hydrogen-bond acceptors (Lipinski definition) is 8. The van der Waals surface area contributed by atoms with Gasteiger partial charge in [-0.15, -0.1) is 34.6 Å². The summed E-state index contributed by atoms with van der Waals surface area (Å²) in [6.07, 6.45) is 11.7. The first kappa shape index (κ1) is 36.8. The van der Waals surface area contributed by atoms with Gasteiger partial charge in [0.1, 0.15) is 8.07 Å². The van der Waals surface area contributed by atoms with E-state index in [1.165, 1.54) is 5.56 Å². The molecule has 2 fully saturated rings. The van der Waals surface area contributed by atoms with E-state index in [0.29, 0.717) is 12.8 Å². The average molecular weight is 723 g/mol. The lowest BCUT2D eigenvalue weighted by molar-refractivity contribution is -0.132. The smallest absolute Gasteiger partial charge is 0.223 e. The number of benzene rings is 2. The number of carbonyl (C=O) groups is 2. The zero-order chi connectivity index (χ0) is 35.3. The minimum atomic E-state index is -1.37. The molecule has 0 N–H and O–H groups in total. The van der Waals surface area contributed by atoms with Gasteiger partial charge in [-0.2, -0.15) is 0 Å². The van der Waals surface area contributed by atoms with E-state index in [9.17, 15) is 9.59 Å². The summed E-state index contributed by atoms with van der Waals surface area (Å²) in [5, 5.41) is 6.08. The lowest BCUT2D eigenvalue weighted by Gasteiger charge is -2.34. The number of carbonyl (C=O) groups excluding carboxylic acids is 2. The normalized spacial score (nSPS) is 14.6. The van der Waals surface area contributed by atoms with Crippen LogP contribution in [0.1, 0.15) is 35.1 Å². The van der Waals surface area contributed by atoms with Crippen molar-refractivity contribution in [3.63, 3.8) is 0 Å². The largest absolute Gasteiger partial charge is 0.345 e. The summed E-state index contributed by atoms with van der Waals surface area (Å²) in [6, 6.07) is 16.2. The van der Waals surface area contributed by atoms with Crippen LogP contribution in [0.5, 0.6) is 0 Å². The number of aromatic nitrogens is 2. The summed E-state index contributed by atoms with van der Waals surface area (Å²) < 4.78 is 0. The highest BCUT2D eigenvalue weighted by Crippen LogP contribution is 2.21. The van der Waals surface area contributed by atoms with Gasteiger partial charge in [0.05, 0.1) is 0 Å². The number of hydrogen-bond donors (Lipinski definition) is 0. The molecule has 0 spiro atoms. The molecule has 4 heterocycles. The average Bonchev–Trinajstić information content (AvgIpc) is 3.89. The number of thiazole rings is 2. The predicted molar refractivity (Wildman–Crippen MR) is 209 cm³/mol. The summed E-state index contributed by atoms with van der Waals surface area (Å²) in [5.41, 5.74) is 7.63. The highest BCUT2D eigenvalue weighted by Gasteiger charge is 2.23. The van der Waals surface area contributed by atoms with Gasteiger partial charge in [-0.3, -0.25) is 9.59 Å². The second-order valence-electron chi connectivity index (χ2n) is 13.4. The molecule has 11 heteroatoms. The van der Waals surface area contributed by atoms with Crippen LogP contribution >= 0.6 is 22.7 Å². The minimum Gasteiger partial charge on any atom is -0.345 e. The predicted octanol–water partition coefficient (Wildman–Crippen LogP) is 6.06. The zero-order valence-corrected chi connectivity index (χ0v) is 31.9. The van der Waals surface area contributed by atoms with E-state index in [1.54, 1.807) is 22.7 Å². The fourth-order valence-corrected chi connectivity index (χ4v) is 7.65. The fourth-order valence-electron chi connectivity index (χ4n) is 5.74. The first-order chi connectivity index (χ1) is 24.2. The molecule has 4 aromatic rings. The molecular formula is C39H46N6O2S2Si. The first-order valence-electron chi connectivity index (χ1n) is 17.2. The van der Waals surface area contributed by atoms with Gasteiger partial charge in [-0.1, -0.05) is 55.7 Å². The number of piperazine rings is 2. The molecule has 260 valence electrons. The van der Waals surface area contributed by atoms with Crippen molar-refractivity contribution in [2.45, 2.75) is 45.3 Å². The SMILES string of the molecule is C#Cc1cccc(CCC(=O)N2CCN(c3nccs3)CC2)c1.C[Si](C)(C)C#Cc1cccc(CCC(=O)N2CCN(c3nccs3)CC2)c1. The van der Waals surface area contributed by atoms with E-state index in [1.807, 2.05) is 63.3 Å². The number of anilines is 2. The van der Waals surface area contributed by atoms with Gasteiger partial charge in [0.25, 0.3) is 0 Å². The Morgan fingerprint density at radius 1 is 0.720 bits per heavy atom. The van der Waals surface area contributed by atoms with E-state index in [0.717, 1.165) is 92.2 Å². The Morgan fingerprint density at radius 2 is 1.18 bits per heavy atom. The van der Waals surface area contributed by atoms with Crippen molar-refractivity contribution < 1.29 is 9.59 Å². The van der Waals surface area contributed by atoms with Gasteiger partial charge in [0.2, 0.25) is 11.8 Å². The maximum atomic E-state index is 12.6. The van der Waals surface area contributed by atoms with Crippen molar-refractivity contribution in [1.82, 2.24) is 19.8 Å². The summed E-state index contributed by atoms with van der Waals surface area (Å²) >= 11 is 3.30. The Balaban J connectivity index is 0.000000197. The number of nitrogens with zero attached hydrogens (tertiary/aromatic N) is 6. The van der Waals surface area contributed by atoms with Gasteiger partial charge in [0.15, 0.2) is 10.3 Å². The van der Waals surface area contributed by atoms with E-state index in [4.69, 9.17) is 6.42 Å². The number of rotatable bonds is 8. The molecule has 50 heavy (non-hydrogen) atoms. The van der Waals surface area contributed by atoms with Crippen LogP contribution in [0.3, 0.4) is 0 Å². The Hall–Kier alpha value is -4.42. The molecule has 0 atom stereocenters. The van der Waals surface area contributed by atoms with E-state index >= 15 is 0 Å². The molecule has 6 rings (SSSR count). The highest BCUT2D eigenvalue weighted by atomic mass is 32.1. The van der Waals surface area contributed by atoms with Gasteiger partial charge >= 0.3 is 0 Å². The molecule has 0 radical (unpaired) electrons. The number of terminal acetylenes is 1. The Morgan fingerprint density at radius 3 is 1.60 bits per heavy atom. The lowest BCUT2D eigenvalue weighted by Crippen LogP contribution is -2.48. The van der Waals surface area contributed by atoms with Crippen molar-refractivity contribution >= 4 is 52.8 Å². The van der Waals surface area contributed by atoms with E-state index in [-0.39, 0.29) is 11.8 Å². The maximum absolute atomic E-state index is 12.6. The van der Waals surface area contributed by atoms with E-state index < -0.39 is 8.07 Å². The van der Waals surface area contributed by atoms with Gasteiger partial charge < -0.3 is 19.6 Å². The molecule has 2 aromatic heterocycles. The quantitative estimate of drug-likeness (QED) is 0.163. The molecule has 0 unspecified atom stereocenters. The molecule has 0 bridgehead atoms. The standard InChI is InChI=1S/C21H27N3OSSi.C18H19N3OS/c1-27(2,3)16-9-19-6-4-5-18(17-19)7-8-20(25)23-11-13-24(14-12-23)21-22-10-15-26-21;1-2-15-4-3-5-16(14-15)6-7-17(22)20-9-11-21(12-10-20)18-19-8-13-23-18/h4-6,10,15,17H,7-8,11-14H2,1-3H3;1,3-5,8,13-14H,6-7,9-12H2. The van der Waals surface area contributed by atoms with Crippen molar-refractivity contribution in [1.29, 1.82) is 0 Å². The summed E-state index contributed by atoms with van der Waals surface area (Å²) in [4.78, 5) is 42.1. The molecule has 2 amide bonds. The van der Waals surface area contributed by atoms with Crippen LogP contribution in [0.4, 0.5) is 10.3 Å². The van der Waals surface area contributed by atoms with Crippen LogP contribution in [0.2, 0.25) is 19.6 Å². The molecule has 2 saturated heterocycles. The minimum absolute atomic E-state index is 0.217. The number of aryl methyl sites for hydroxylation is 2. The zero-order valence-electron chi connectivity index (χ0n) is 29.3. The second kappa shape index (κ2) is 18.0. The van der Waals surface area contributed by atoms with E-state index in [2.05, 4.69) is 75.0 Å². The third kappa shape index (κ3) is 11.3. The van der Waals surface area contributed by atoms with Gasteiger partial charge in [-0.25, -0.2) is 9.97 Å². The summed E-state index contributed by atoms with van der Waals surface area (Å²) in [5.74, 6) is 6.39. The highest BCUT2D eigenvalue weighted by molar-refractivity contribution is 7.13. The third-order valence-corrected chi connectivity index (χ3v) is 11.0. The molecular weight excluding hydrogens is 677 g/mol. The van der Waals surface area contributed by atoms with Crippen molar-refractivity contribution in [3.8, 4) is 23.8 Å². The maximum Gasteiger partial charge on any atom is 0.223 e. The molecule has 0 saturated carbocycles. The topological polar surface area (TPSA) is 72.9 Å². The van der Waals surface area contributed by atoms with Crippen LogP contribution in [0.25, 0.3) is 0 Å². The van der Waals surface area contributed by atoms with Crippen molar-refractivity contribution in [3.05, 3.63) is 93.9 Å². The Bertz CT molecular complexity index is 1790. The lowest BCUT2D eigenvalue weighted by atomic mass is 10.1. The summed E-state index contributed by atoms with van der Waals surface area (Å²) in [6.45, 7) is 13.3. The molecule has 2 aromatic carbocycles. The van der Waals surface area contributed by atoms with Crippen LogP contribution in [-0.4, -0.2) is 92.0 Å².